The lowest BCUT2D eigenvalue weighted by Crippen LogP contribution is -2.40. The number of rotatable bonds is 7. The smallest absolute Gasteiger partial charge is 0.315 e. The van der Waals surface area contributed by atoms with Crippen LogP contribution < -0.4 is 15.5 Å². The molecule has 0 aliphatic carbocycles. The van der Waals surface area contributed by atoms with Gasteiger partial charge in [0.05, 0.1) is 5.52 Å². The molecule has 0 saturated carbocycles. The number of urea groups is 1. The largest absolute Gasteiger partial charge is 0.385 e. The summed E-state index contributed by atoms with van der Waals surface area (Å²) in [5.41, 5.74) is 1.97. The highest BCUT2D eigenvalue weighted by molar-refractivity contribution is 5.84. The second-order valence-electron chi connectivity index (χ2n) is 6.06. The lowest BCUT2D eigenvalue weighted by Gasteiger charge is -2.17. The second-order valence-corrected chi connectivity index (χ2v) is 6.06. The van der Waals surface area contributed by atoms with Crippen LogP contribution in [0, 0.1) is 0 Å². The van der Waals surface area contributed by atoms with Crippen LogP contribution in [0.2, 0.25) is 0 Å². The molecule has 0 aliphatic rings. The number of pyridine rings is 1. The second kappa shape index (κ2) is 8.49. The Morgan fingerprint density at radius 2 is 2.08 bits per heavy atom. The quantitative estimate of drug-likeness (QED) is 0.819. The minimum Gasteiger partial charge on any atom is -0.385 e. The van der Waals surface area contributed by atoms with Gasteiger partial charge in [0, 0.05) is 45.8 Å². The summed E-state index contributed by atoms with van der Waals surface area (Å²) >= 11 is 0. The van der Waals surface area contributed by atoms with Crippen molar-refractivity contribution in [3.63, 3.8) is 0 Å². The molecular weight excluding hydrogens is 304 g/mol. The van der Waals surface area contributed by atoms with Crippen molar-refractivity contribution in [3.8, 4) is 0 Å². The summed E-state index contributed by atoms with van der Waals surface area (Å²) in [5.74, 6) is 0.874. The molecule has 1 aromatic heterocycles. The van der Waals surface area contributed by atoms with E-state index in [4.69, 9.17) is 4.74 Å². The van der Waals surface area contributed by atoms with Crippen LogP contribution >= 0.6 is 0 Å². The number of amides is 2. The van der Waals surface area contributed by atoms with Crippen LogP contribution in [0.4, 0.5) is 10.6 Å². The number of nitrogens with one attached hydrogen (secondary N) is 2. The highest BCUT2D eigenvalue weighted by Crippen LogP contribution is 2.21. The van der Waals surface area contributed by atoms with Gasteiger partial charge in [0.25, 0.3) is 0 Å². The van der Waals surface area contributed by atoms with E-state index in [1.165, 1.54) is 0 Å². The highest BCUT2D eigenvalue weighted by atomic mass is 16.5. The molecule has 0 unspecified atom stereocenters. The van der Waals surface area contributed by atoms with E-state index in [0.717, 1.165) is 28.7 Å². The van der Waals surface area contributed by atoms with Gasteiger partial charge in [-0.05, 0) is 31.0 Å². The Hall–Kier alpha value is -2.34. The summed E-state index contributed by atoms with van der Waals surface area (Å²) < 4.78 is 5.02. The fraction of sp³-hybridized carbons (Fsp3) is 0.444. The minimum absolute atomic E-state index is 0.0662. The van der Waals surface area contributed by atoms with Crippen molar-refractivity contribution in [2.45, 2.75) is 25.9 Å². The first-order chi connectivity index (χ1) is 11.5. The molecule has 2 aromatic rings. The van der Waals surface area contributed by atoms with E-state index in [-0.39, 0.29) is 12.1 Å². The van der Waals surface area contributed by atoms with E-state index < -0.39 is 0 Å². The number of benzene rings is 1. The van der Waals surface area contributed by atoms with Crippen molar-refractivity contribution >= 4 is 22.8 Å². The van der Waals surface area contributed by atoms with Gasteiger partial charge in [-0.3, -0.25) is 0 Å². The molecule has 2 rings (SSSR count). The number of aromatic nitrogens is 1. The average molecular weight is 330 g/mol. The zero-order valence-corrected chi connectivity index (χ0v) is 14.8. The van der Waals surface area contributed by atoms with Crippen LogP contribution in [0.3, 0.4) is 0 Å². The topological polar surface area (TPSA) is 66.5 Å². The Morgan fingerprint density at radius 1 is 1.33 bits per heavy atom. The number of methoxy groups -OCH3 is 1. The van der Waals surface area contributed by atoms with Crippen LogP contribution in [0.1, 0.15) is 18.9 Å². The predicted molar refractivity (Wildman–Crippen MR) is 97.4 cm³/mol. The zero-order chi connectivity index (χ0) is 17.5. The van der Waals surface area contributed by atoms with Crippen LogP contribution in [-0.4, -0.2) is 44.9 Å². The van der Waals surface area contributed by atoms with Gasteiger partial charge >= 0.3 is 6.03 Å². The maximum absolute atomic E-state index is 12.1. The Labute approximate surface area is 143 Å². The number of para-hydroxylation sites is 1. The van der Waals surface area contributed by atoms with Crippen molar-refractivity contribution in [1.29, 1.82) is 0 Å². The van der Waals surface area contributed by atoms with E-state index >= 15 is 0 Å². The maximum Gasteiger partial charge on any atom is 0.315 e. The Morgan fingerprint density at radius 3 is 2.79 bits per heavy atom. The SMILES string of the molecule is COCC[C@H](C)NC(=O)NCc1cc(N(C)C)nc2ccccc12. The van der Waals surface area contributed by atoms with Crippen LogP contribution in [-0.2, 0) is 11.3 Å². The average Bonchev–Trinajstić information content (AvgIpc) is 2.57. The highest BCUT2D eigenvalue weighted by Gasteiger charge is 2.10. The van der Waals surface area contributed by atoms with Gasteiger partial charge in [0.1, 0.15) is 5.82 Å². The van der Waals surface area contributed by atoms with Crippen molar-refractivity contribution < 1.29 is 9.53 Å². The number of carbonyl (C=O) groups is 1. The van der Waals surface area contributed by atoms with E-state index in [2.05, 4.69) is 15.6 Å². The fourth-order valence-corrected chi connectivity index (χ4v) is 2.42. The first-order valence-corrected chi connectivity index (χ1v) is 8.10. The van der Waals surface area contributed by atoms with Crippen LogP contribution in [0.25, 0.3) is 10.9 Å². The molecule has 0 saturated heterocycles. The molecule has 1 atom stereocenters. The Bertz CT molecular complexity index is 688. The van der Waals surface area contributed by atoms with Crippen molar-refractivity contribution in [3.05, 3.63) is 35.9 Å². The molecule has 0 radical (unpaired) electrons. The molecule has 24 heavy (non-hydrogen) atoms. The third-order valence-corrected chi connectivity index (χ3v) is 3.82. The summed E-state index contributed by atoms with van der Waals surface area (Å²) in [6.45, 7) is 3.04. The Kier molecular flexibility index (Phi) is 6.37. The van der Waals surface area contributed by atoms with Gasteiger partial charge in [-0.15, -0.1) is 0 Å². The van der Waals surface area contributed by atoms with E-state index in [1.807, 2.05) is 56.3 Å². The van der Waals surface area contributed by atoms with Gasteiger partial charge < -0.3 is 20.3 Å². The van der Waals surface area contributed by atoms with E-state index in [0.29, 0.717) is 13.2 Å². The monoisotopic (exact) mass is 330 g/mol. The van der Waals surface area contributed by atoms with E-state index in [9.17, 15) is 4.79 Å². The van der Waals surface area contributed by atoms with Crippen LogP contribution in [0.15, 0.2) is 30.3 Å². The summed E-state index contributed by atoms with van der Waals surface area (Å²) in [6.07, 6.45) is 0.785. The maximum atomic E-state index is 12.1. The number of ether oxygens (including phenoxy) is 1. The third-order valence-electron chi connectivity index (χ3n) is 3.82. The predicted octanol–water partition coefficient (Wildman–Crippen LogP) is 2.53. The Balaban J connectivity index is 2.07. The van der Waals surface area contributed by atoms with Gasteiger partial charge in [0.2, 0.25) is 0 Å². The third kappa shape index (κ3) is 4.83. The van der Waals surface area contributed by atoms with Crippen molar-refractivity contribution in [2.24, 2.45) is 0 Å². The summed E-state index contributed by atoms with van der Waals surface area (Å²) in [4.78, 5) is 18.6. The molecule has 1 aromatic carbocycles. The lowest BCUT2D eigenvalue weighted by atomic mass is 10.1. The number of nitrogens with zero attached hydrogens (tertiary/aromatic N) is 2. The molecule has 130 valence electrons. The molecule has 6 heteroatoms. The summed E-state index contributed by atoms with van der Waals surface area (Å²) in [7, 11) is 5.57. The lowest BCUT2D eigenvalue weighted by molar-refractivity contribution is 0.184. The molecule has 0 aliphatic heterocycles. The molecule has 6 nitrogen and oxygen atoms in total. The molecule has 2 amide bonds. The van der Waals surface area contributed by atoms with Crippen molar-refractivity contribution in [2.75, 3.05) is 32.7 Å². The van der Waals surface area contributed by atoms with Gasteiger partial charge in [-0.2, -0.15) is 0 Å². The first-order valence-electron chi connectivity index (χ1n) is 8.10. The van der Waals surface area contributed by atoms with E-state index in [1.54, 1.807) is 7.11 Å². The first kappa shape index (κ1) is 18.0. The number of anilines is 1. The molecular formula is C18H26N4O2. The molecule has 0 spiro atoms. The summed E-state index contributed by atoms with van der Waals surface area (Å²) in [5, 5.41) is 6.89. The number of carbonyl (C=O) groups excluding carboxylic acids is 1. The van der Waals surface area contributed by atoms with Crippen molar-refractivity contribution in [1.82, 2.24) is 15.6 Å². The van der Waals surface area contributed by atoms with Gasteiger partial charge in [0.15, 0.2) is 0 Å². The molecule has 2 N–H and O–H groups in total. The molecule has 0 fully saturated rings. The van der Waals surface area contributed by atoms with Gasteiger partial charge in [-0.1, -0.05) is 18.2 Å². The summed E-state index contributed by atoms with van der Waals surface area (Å²) in [6, 6.07) is 9.86. The standard InChI is InChI=1S/C18H26N4O2/c1-13(9-10-24-4)20-18(23)19-12-14-11-17(22(2)3)21-16-8-6-5-7-15(14)16/h5-8,11,13H,9-10,12H2,1-4H3,(H2,19,20,23)/t13-/m0/s1. The number of hydrogen-bond acceptors (Lipinski definition) is 4. The fourth-order valence-electron chi connectivity index (χ4n) is 2.42. The van der Waals surface area contributed by atoms with Gasteiger partial charge in [-0.25, -0.2) is 9.78 Å². The zero-order valence-electron chi connectivity index (χ0n) is 14.8. The number of fused-ring (bicyclic) bond motifs is 1. The normalized spacial score (nSPS) is 12.0. The minimum atomic E-state index is -0.175. The van der Waals surface area contributed by atoms with Crippen LogP contribution in [0.5, 0.6) is 0 Å². The molecule has 0 bridgehead atoms. The number of hydrogen-bond donors (Lipinski definition) is 2. The molecule has 1 heterocycles.